The highest BCUT2D eigenvalue weighted by Gasteiger charge is 2.35. The molecule has 0 saturated heterocycles. The van der Waals surface area contributed by atoms with Crippen molar-refractivity contribution < 1.29 is 18.7 Å². The predicted molar refractivity (Wildman–Crippen MR) is 139 cm³/mol. The fourth-order valence-electron chi connectivity index (χ4n) is 3.80. The van der Waals surface area contributed by atoms with E-state index in [2.05, 4.69) is 25.7 Å². The summed E-state index contributed by atoms with van der Waals surface area (Å²) in [5, 5.41) is 15.3. The van der Waals surface area contributed by atoms with Crippen LogP contribution in [0.25, 0.3) is 11.4 Å². The Morgan fingerprint density at radius 3 is 2.29 bits per heavy atom. The van der Waals surface area contributed by atoms with Gasteiger partial charge in [0.1, 0.15) is 24.2 Å². The van der Waals surface area contributed by atoms with Crippen LogP contribution in [0.5, 0.6) is 5.75 Å². The molecule has 10 nitrogen and oxygen atoms in total. The molecule has 1 unspecified atom stereocenters. The van der Waals surface area contributed by atoms with E-state index in [1.165, 1.54) is 29.2 Å². The highest BCUT2D eigenvalue weighted by Crippen LogP contribution is 2.30. The van der Waals surface area contributed by atoms with Crippen molar-refractivity contribution in [2.24, 2.45) is 0 Å². The van der Waals surface area contributed by atoms with Gasteiger partial charge in [-0.2, -0.15) is 4.80 Å². The Labute approximate surface area is 219 Å². The van der Waals surface area contributed by atoms with Crippen molar-refractivity contribution in [3.63, 3.8) is 0 Å². The smallest absolute Gasteiger partial charge is 0.251 e. The van der Waals surface area contributed by atoms with Gasteiger partial charge in [-0.25, -0.2) is 4.39 Å². The standard InChI is InChI=1S/C27H28FN7O3/c1-27(2,3)30-26(37)24(18-13-15-29-16-14-18)35(21-9-11-22(38-4)12-10-21)23(36)17-34-32-25(31-33-34)19-5-7-20(28)8-6-19/h5-16,24H,17H2,1-4H3,(H,30,37). The third-order valence-electron chi connectivity index (χ3n) is 5.48. The Balaban J connectivity index is 1.72. The van der Waals surface area contributed by atoms with Crippen molar-refractivity contribution >= 4 is 17.5 Å². The average Bonchev–Trinajstić information content (AvgIpc) is 3.35. The van der Waals surface area contributed by atoms with Crippen LogP contribution in [-0.4, -0.2) is 49.7 Å². The van der Waals surface area contributed by atoms with Crippen molar-refractivity contribution in [3.8, 4) is 17.1 Å². The minimum Gasteiger partial charge on any atom is -0.497 e. The fraction of sp³-hybridized carbons (Fsp3) is 0.259. The molecule has 4 rings (SSSR count). The van der Waals surface area contributed by atoms with Gasteiger partial charge in [0.2, 0.25) is 11.7 Å². The molecular formula is C27H28FN7O3. The lowest BCUT2D eigenvalue weighted by atomic mass is 10.0. The maximum Gasteiger partial charge on any atom is 0.251 e. The number of pyridine rings is 1. The van der Waals surface area contributed by atoms with Gasteiger partial charge in [0, 0.05) is 29.2 Å². The molecule has 4 aromatic rings. The van der Waals surface area contributed by atoms with Gasteiger partial charge in [-0.05, 0) is 92.2 Å². The monoisotopic (exact) mass is 517 g/mol. The first kappa shape index (κ1) is 26.4. The van der Waals surface area contributed by atoms with Gasteiger partial charge in [0.15, 0.2) is 0 Å². The number of aromatic nitrogens is 5. The highest BCUT2D eigenvalue weighted by molar-refractivity contribution is 6.01. The van der Waals surface area contributed by atoms with E-state index < -0.39 is 17.5 Å². The van der Waals surface area contributed by atoms with Crippen molar-refractivity contribution in [2.45, 2.75) is 38.9 Å². The van der Waals surface area contributed by atoms with Gasteiger partial charge in [-0.1, -0.05) is 0 Å². The minimum atomic E-state index is -1.02. The number of benzene rings is 2. The number of rotatable bonds is 8. The molecule has 0 saturated carbocycles. The summed E-state index contributed by atoms with van der Waals surface area (Å²) in [6, 6.07) is 14.8. The van der Waals surface area contributed by atoms with Gasteiger partial charge >= 0.3 is 0 Å². The summed E-state index contributed by atoms with van der Waals surface area (Å²) >= 11 is 0. The van der Waals surface area contributed by atoms with E-state index in [4.69, 9.17) is 4.74 Å². The van der Waals surface area contributed by atoms with Gasteiger partial charge < -0.3 is 10.1 Å². The number of carbonyl (C=O) groups is 2. The summed E-state index contributed by atoms with van der Waals surface area (Å²) in [5.41, 5.74) is 1.05. The zero-order chi connectivity index (χ0) is 27.3. The molecule has 196 valence electrons. The molecule has 2 aromatic carbocycles. The molecule has 0 spiro atoms. The number of carbonyl (C=O) groups excluding carboxylic acids is 2. The molecule has 0 bridgehead atoms. The molecule has 0 aliphatic rings. The van der Waals surface area contributed by atoms with Crippen LogP contribution in [0.2, 0.25) is 0 Å². The topological polar surface area (TPSA) is 115 Å². The van der Waals surface area contributed by atoms with E-state index in [0.29, 0.717) is 22.6 Å². The lowest BCUT2D eigenvalue weighted by Crippen LogP contribution is -2.50. The first-order chi connectivity index (χ1) is 18.1. The molecule has 11 heteroatoms. The molecule has 2 heterocycles. The van der Waals surface area contributed by atoms with Gasteiger partial charge in [-0.15, -0.1) is 10.2 Å². The van der Waals surface area contributed by atoms with Crippen LogP contribution in [0.3, 0.4) is 0 Å². The summed E-state index contributed by atoms with van der Waals surface area (Å²) in [5.74, 6) is -0.370. The van der Waals surface area contributed by atoms with E-state index in [1.54, 1.807) is 55.9 Å². The lowest BCUT2D eigenvalue weighted by Gasteiger charge is -2.33. The number of anilines is 1. The third kappa shape index (κ3) is 6.36. The number of amides is 2. The first-order valence-electron chi connectivity index (χ1n) is 11.9. The van der Waals surface area contributed by atoms with Crippen LogP contribution in [0.15, 0.2) is 73.1 Å². The van der Waals surface area contributed by atoms with Crippen LogP contribution < -0.4 is 15.0 Å². The maximum atomic E-state index is 13.9. The second-order valence-electron chi connectivity index (χ2n) is 9.53. The zero-order valence-electron chi connectivity index (χ0n) is 21.5. The minimum absolute atomic E-state index is 0.241. The second-order valence-corrected chi connectivity index (χ2v) is 9.53. The van der Waals surface area contributed by atoms with Gasteiger partial charge in [-0.3, -0.25) is 19.5 Å². The Hall–Kier alpha value is -4.67. The molecule has 1 atom stereocenters. The van der Waals surface area contributed by atoms with Crippen molar-refractivity contribution in [2.75, 3.05) is 12.0 Å². The Bertz CT molecular complexity index is 1380. The average molecular weight is 518 g/mol. The van der Waals surface area contributed by atoms with Crippen molar-refractivity contribution in [1.29, 1.82) is 0 Å². The van der Waals surface area contributed by atoms with Crippen molar-refractivity contribution in [3.05, 3.63) is 84.4 Å². The van der Waals surface area contributed by atoms with E-state index in [1.807, 2.05) is 20.8 Å². The molecule has 0 aliphatic heterocycles. The molecule has 0 radical (unpaired) electrons. The Morgan fingerprint density at radius 1 is 1.03 bits per heavy atom. The molecule has 2 aromatic heterocycles. The number of nitrogens with zero attached hydrogens (tertiary/aromatic N) is 6. The largest absolute Gasteiger partial charge is 0.497 e. The van der Waals surface area contributed by atoms with Crippen LogP contribution >= 0.6 is 0 Å². The highest BCUT2D eigenvalue weighted by atomic mass is 19.1. The number of tetrazole rings is 1. The number of nitrogens with one attached hydrogen (secondary N) is 1. The van der Waals surface area contributed by atoms with E-state index in [0.717, 1.165) is 4.80 Å². The number of methoxy groups -OCH3 is 1. The van der Waals surface area contributed by atoms with Gasteiger partial charge in [0.25, 0.3) is 5.91 Å². The summed E-state index contributed by atoms with van der Waals surface area (Å²) in [7, 11) is 1.55. The molecule has 2 amide bonds. The normalized spacial score (nSPS) is 12.0. The summed E-state index contributed by atoms with van der Waals surface area (Å²) in [4.78, 5) is 34.1. The van der Waals surface area contributed by atoms with Crippen LogP contribution in [0.4, 0.5) is 10.1 Å². The number of ether oxygens (including phenoxy) is 1. The number of hydrogen-bond acceptors (Lipinski definition) is 7. The molecular weight excluding hydrogens is 489 g/mol. The quantitative estimate of drug-likeness (QED) is 0.380. The second kappa shape index (κ2) is 11.2. The summed E-state index contributed by atoms with van der Waals surface area (Å²) < 4.78 is 18.6. The predicted octanol–water partition coefficient (Wildman–Crippen LogP) is 3.57. The Kier molecular flexibility index (Phi) is 7.75. The molecule has 0 fully saturated rings. The third-order valence-corrected chi connectivity index (χ3v) is 5.48. The maximum absolute atomic E-state index is 13.9. The molecule has 38 heavy (non-hydrogen) atoms. The van der Waals surface area contributed by atoms with E-state index in [9.17, 15) is 14.0 Å². The van der Waals surface area contributed by atoms with Crippen LogP contribution in [0.1, 0.15) is 32.4 Å². The van der Waals surface area contributed by atoms with E-state index >= 15 is 0 Å². The molecule has 1 N–H and O–H groups in total. The lowest BCUT2D eigenvalue weighted by molar-refractivity contribution is -0.128. The summed E-state index contributed by atoms with van der Waals surface area (Å²) in [6.07, 6.45) is 3.13. The van der Waals surface area contributed by atoms with Crippen LogP contribution in [-0.2, 0) is 16.1 Å². The van der Waals surface area contributed by atoms with Gasteiger partial charge in [0.05, 0.1) is 7.11 Å². The fourth-order valence-corrected chi connectivity index (χ4v) is 3.80. The first-order valence-corrected chi connectivity index (χ1v) is 11.9. The summed E-state index contributed by atoms with van der Waals surface area (Å²) in [6.45, 7) is 5.30. The number of hydrogen-bond donors (Lipinski definition) is 1. The van der Waals surface area contributed by atoms with Crippen LogP contribution in [0, 0.1) is 5.82 Å². The SMILES string of the molecule is COc1ccc(N(C(=O)Cn2nnc(-c3ccc(F)cc3)n2)C(C(=O)NC(C)(C)C)c2ccncc2)cc1. The number of halogens is 1. The molecule has 0 aliphatic carbocycles. The Morgan fingerprint density at radius 2 is 1.68 bits per heavy atom. The zero-order valence-corrected chi connectivity index (χ0v) is 21.5. The van der Waals surface area contributed by atoms with E-state index in [-0.39, 0.29) is 24.1 Å². The van der Waals surface area contributed by atoms with Crippen molar-refractivity contribution in [1.82, 2.24) is 30.5 Å².